The van der Waals surface area contributed by atoms with Crippen molar-refractivity contribution < 1.29 is 14.3 Å². The first-order valence-electron chi connectivity index (χ1n) is 9.05. The summed E-state index contributed by atoms with van der Waals surface area (Å²) in [5, 5.41) is 0. The number of ether oxygens (including phenoxy) is 2. The highest BCUT2D eigenvalue weighted by molar-refractivity contribution is 5.84. The third-order valence-corrected chi connectivity index (χ3v) is 5.19. The van der Waals surface area contributed by atoms with Crippen LogP contribution in [0.1, 0.15) is 67.2 Å². The van der Waals surface area contributed by atoms with Gasteiger partial charge in [-0.05, 0) is 53.0 Å². The van der Waals surface area contributed by atoms with Gasteiger partial charge in [-0.15, -0.1) is 0 Å². The maximum atomic E-state index is 12.0. The fourth-order valence-electron chi connectivity index (χ4n) is 3.64. The Balaban J connectivity index is 1.85. The van der Waals surface area contributed by atoms with Crippen LogP contribution in [0.25, 0.3) is 0 Å². The van der Waals surface area contributed by atoms with Crippen LogP contribution in [0.3, 0.4) is 0 Å². The first-order chi connectivity index (χ1) is 10.5. The van der Waals surface area contributed by atoms with Gasteiger partial charge in [-0.2, -0.15) is 0 Å². The van der Waals surface area contributed by atoms with Crippen LogP contribution in [0.2, 0.25) is 0 Å². The molecule has 2 fully saturated rings. The highest BCUT2D eigenvalue weighted by Crippen LogP contribution is 2.43. The Morgan fingerprint density at radius 3 is 2.48 bits per heavy atom. The SMILES string of the molecule is CC(C)(C)OC[C@]12CCCN1[C@@H](COCC(=O)C(C)(C)C)CC2. The maximum absolute atomic E-state index is 12.0. The molecule has 2 atom stereocenters. The largest absolute Gasteiger partial charge is 0.374 e. The number of hydrogen-bond donors (Lipinski definition) is 0. The Hall–Kier alpha value is -0.450. The first-order valence-corrected chi connectivity index (χ1v) is 9.05. The summed E-state index contributed by atoms with van der Waals surface area (Å²) in [5.74, 6) is 0.180. The Kier molecular flexibility index (Phi) is 5.59. The first kappa shape index (κ1) is 18.9. The van der Waals surface area contributed by atoms with E-state index in [2.05, 4.69) is 25.7 Å². The van der Waals surface area contributed by atoms with Gasteiger partial charge in [0.1, 0.15) is 6.61 Å². The molecule has 2 heterocycles. The van der Waals surface area contributed by atoms with E-state index in [1.54, 1.807) is 0 Å². The van der Waals surface area contributed by atoms with Crippen molar-refractivity contribution in [3.8, 4) is 0 Å². The van der Waals surface area contributed by atoms with Crippen LogP contribution in [-0.4, -0.2) is 54.2 Å². The standard InChI is InChI=1S/C19H35NO3/c1-17(2,3)16(21)13-22-12-15-8-10-19(9-7-11-20(15)19)14-23-18(4,5)6/h15H,7-14H2,1-6H3/t15-,19-/m1/s1. The van der Waals surface area contributed by atoms with Gasteiger partial charge in [-0.25, -0.2) is 0 Å². The number of hydrogen-bond acceptors (Lipinski definition) is 4. The summed E-state index contributed by atoms with van der Waals surface area (Å²) in [6.45, 7) is 15.1. The van der Waals surface area contributed by atoms with Crippen molar-refractivity contribution in [2.45, 2.75) is 84.4 Å². The molecule has 23 heavy (non-hydrogen) atoms. The molecule has 2 aliphatic heterocycles. The second kappa shape index (κ2) is 6.81. The number of carbonyl (C=O) groups excluding carboxylic acids is 1. The average Bonchev–Trinajstić information content (AvgIpc) is 2.95. The highest BCUT2D eigenvalue weighted by Gasteiger charge is 2.49. The fraction of sp³-hybridized carbons (Fsp3) is 0.947. The molecule has 0 unspecified atom stereocenters. The van der Waals surface area contributed by atoms with Crippen LogP contribution in [-0.2, 0) is 14.3 Å². The minimum atomic E-state index is -0.312. The van der Waals surface area contributed by atoms with E-state index < -0.39 is 0 Å². The van der Waals surface area contributed by atoms with Crippen molar-refractivity contribution >= 4 is 5.78 Å². The predicted octanol–water partition coefficient (Wildman–Crippen LogP) is 3.43. The molecule has 0 aliphatic carbocycles. The normalized spacial score (nSPS) is 29.0. The van der Waals surface area contributed by atoms with E-state index in [9.17, 15) is 4.79 Å². The summed E-state index contributed by atoms with van der Waals surface area (Å²) >= 11 is 0. The van der Waals surface area contributed by atoms with Crippen LogP contribution in [0, 0.1) is 5.41 Å². The molecule has 0 bridgehead atoms. The van der Waals surface area contributed by atoms with Crippen LogP contribution >= 0.6 is 0 Å². The summed E-state index contributed by atoms with van der Waals surface area (Å²) in [6.07, 6.45) is 4.80. The topological polar surface area (TPSA) is 38.8 Å². The molecule has 0 aromatic rings. The lowest BCUT2D eigenvalue weighted by molar-refractivity contribution is -0.131. The molecule has 2 aliphatic rings. The number of carbonyl (C=O) groups is 1. The van der Waals surface area contributed by atoms with Gasteiger partial charge < -0.3 is 9.47 Å². The smallest absolute Gasteiger partial charge is 0.163 e. The summed E-state index contributed by atoms with van der Waals surface area (Å²) < 4.78 is 11.9. The molecule has 0 aromatic carbocycles. The summed E-state index contributed by atoms with van der Waals surface area (Å²) in [7, 11) is 0. The van der Waals surface area contributed by atoms with E-state index in [-0.39, 0.29) is 28.9 Å². The fourth-order valence-corrected chi connectivity index (χ4v) is 3.64. The maximum Gasteiger partial charge on any atom is 0.163 e. The molecule has 0 N–H and O–H groups in total. The predicted molar refractivity (Wildman–Crippen MR) is 92.7 cm³/mol. The van der Waals surface area contributed by atoms with Crippen molar-refractivity contribution in [2.75, 3.05) is 26.4 Å². The number of ketones is 1. The highest BCUT2D eigenvalue weighted by atomic mass is 16.5. The third-order valence-electron chi connectivity index (χ3n) is 5.19. The second-order valence-electron chi connectivity index (χ2n) is 9.30. The quantitative estimate of drug-likeness (QED) is 0.750. The van der Waals surface area contributed by atoms with Crippen LogP contribution in [0.5, 0.6) is 0 Å². The molecule has 2 saturated heterocycles. The van der Waals surface area contributed by atoms with Crippen LogP contribution in [0.15, 0.2) is 0 Å². The van der Waals surface area contributed by atoms with Crippen molar-refractivity contribution in [3.63, 3.8) is 0 Å². The molecule has 4 nitrogen and oxygen atoms in total. The van der Waals surface area contributed by atoms with Crippen molar-refractivity contribution in [1.29, 1.82) is 0 Å². The number of rotatable bonds is 6. The molecule has 0 amide bonds. The van der Waals surface area contributed by atoms with E-state index in [0.29, 0.717) is 12.6 Å². The number of fused-ring (bicyclic) bond motifs is 1. The van der Waals surface area contributed by atoms with Gasteiger partial charge in [0.05, 0.1) is 18.8 Å². The molecule has 4 heteroatoms. The monoisotopic (exact) mass is 325 g/mol. The number of Topliss-reactive ketones (excluding diaryl/α,β-unsaturated/α-hetero) is 1. The molecular formula is C19H35NO3. The van der Waals surface area contributed by atoms with Crippen molar-refractivity contribution in [3.05, 3.63) is 0 Å². The zero-order valence-electron chi connectivity index (χ0n) is 15.9. The summed E-state index contributed by atoms with van der Waals surface area (Å²) in [4.78, 5) is 14.6. The van der Waals surface area contributed by atoms with E-state index in [0.717, 1.165) is 19.6 Å². The third kappa shape index (κ3) is 4.77. The van der Waals surface area contributed by atoms with Crippen molar-refractivity contribution in [1.82, 2.24) is 4.90 Å². The Morgan fingerprint density at radius 2 is 1.87 bits per heavy atom. The van der Waals surface area contributed by atoms with Gasteiger partial charge >= 0.3 is 0 Å². The molecule has 0 aromatic heterocycles. The lowest BCUT2D eigenvalue weighted by atomic mass is 9.91. The molecule has 0 saturated carbocycles. The van der Waals surface area contributed by atoms with Gasteiger partial charge in [0.25, 0.3) is 0 Å². The number of nitrogens with zero attached hydrogens (tertiary/aromatic N) is 1. The molecule has 0 radical (unpaired) electrons. The van der Waals surface area contributed by atoms with Gasteiger partial charge in [0, 0.05) is 17.0 Å². The molecule has 2 rings (SSSR count). The Bertz CT molecular complexity index is 421. The average molecular weight is 325 g/mol. The van der Waals surface area contributed by atoms with E-state index in [1.807, 2.05) is 20.8 Å². The van der Waals surface area contributed by atoms with Gasteiger partial charge in [-0.1, -0.05) is 20.8 Å². The zero-order valence-corrected chi connectivity index (χ0v) is 15.9. The lowest BCUT2D eigenvalue weighted by Gasteiger charge is -2.37. The lowest BCUT2D eigenvalue weighted by Crippen LogP contribution is -2.48. The van der Waals surface area contributed by atoms with E-state index >= 15 is 0 Å². The summed E-state index contributed by atoms with van der Waals surface area (Å²) in [6, 6.07) is 0.439. The van der Waals surface area contributed by atoms with Gasteiger partial charge in [0.2, 0.25) is 0 Å². The summed E-state index contributed by atoms with van der Waals surface area (Å²) in [5.41, 5.74) is -0.195. The van der Waals surface area contributed by atoms with E-state index in [4.69, 9.17) is 9.47 Å². The van der Waals surface area contributed by atoms with E-state index in [1.165, 1.54) is 19.3 Å². The Morgan fingerprint density at radius 1 is 1.17 bits per heavy atom. The van der Waals surface area contributed by atoms with Crippen molar-refractivity contribution in [2.24, 2.45) is 5.41 Å². The van der Waals surface area contributed by atoms with Crippen LogP contribution in [0.4, 0.5) is 0 Å². The van der Waals surface area contributed by atoms with Crippen LogP contribution < -0.4 is 0 Å². The Labute approximate surface area is 141 Å². The minimum absolute atomic E-state index is 0.0866. The van der Waals surface area contributed by atoms with Gasteiger partial charge in [0.15, 0.2) is 5.78 Å². The zero-order chi connectivity index (χ0) is 17.3. The molecule has 134 valence electrons. The van der Waals surface area contributed by atoms with Gasteiger partial charge in [-0.3, -0.25) is 9.69 Å². The molecule has 0 spiro atoms. The minimum Gasteiger partial charge on any atom is -0.374 e. The second-order valence-corrected chi connectivity index (χ2v) is 9.30. The molecular weight excluding hydrogens is 290 g/mol.